The number of hydrogen-bond donors (Lipinski definition) is 0. The van der Waals surface area contributed by atoms with Crippen molar-refractivity contribution < 1.29 is 35.9 Å². The number of sulfone groups is 1. The van der Waals surface area contributed by atoms with Gasteiger partial charge in [0.05, 0.1) is 17.1 Å². The molecule has 5 nitrogen and oxygen atoms in total. The minimum absolute atomic E-state index is 0.0259. The van der Waals surface area contributed by atoms with Gasteiger partial charge in [-0.25, -0.2) is 17.6 Å². The van der Waals surface area contributed by atoms with Gasteiger partial charge in [-0.3, -0.25) is 0 Å². The van der Waals surface area contributed by atoms with Gasteiger partial charge in [0.25, 0.3) is 0 Å². The molecule has 0 N–H and O–H groups in total. The fourth-order valence-electron chi connectivity index (χ4n) is 2.60. The molecule has 26 heavy (non-hydrogen) atoms. The maximum atomic E-state index is 14.3. The first-order chi connectivity index (χ1) is 12.0. The highest BCUT2D eigenvalue weighted by molar-refractivity contribution is 7.90. The molecule has 0 fully saturated rings. The third kappa shape index (κ3) is 3.44. The van der Waals surface area contributed by atoms with Crippen molar-refractivity contribution in [3.8, 4) is 0 Å². The number of carbonyl (C=O) groups excluding carboxylic acids is 1. The van der Waals surface area contributed by atoms with Crippen molar-refractivity contribution in [2.24, 2.45) is 0 Å². The van der Waals surface area contributed by atoms with Crippen molar-refractivity contribution in [2.45, 2.75) is 36.7 Å². The van der Waals surface area contributed by atoms with E-state index >= 15 is 0 Å². The van der Waals surface area contributed by atoms with Gasteiger partial charge in [-0.2, -0.15) is 8.78 Å². The van der Waals surface area contributed by atoms with E-state index in [9.17, 15) is 26.4 Å². The van der Waals surface area contributed by atoms with Crippen molar-refractivity contribution >= 4 is 21.4 Å². The molecule has 0 aliphatic carbocycles. The van der Waals surface area contributed by atoms with E-state index in [0.29, 0.717) is 6.42 Å². The fraction of sp³-hybridized carbons (Fsp3) is 0.471. The molecule has 0 amide bonds. The molecule has 1 aliphatic heterocycles. The summed E-state index contributed by atoms with van der Waals surface area (Å²) in [6, 6.07) is 4.95. The molecule has 9 heteroatoms. The fourth-order valence-corrected chi connectivity index (χ4v) is 3.23. The van der Waals surface area contributed by atoms with Crippen LogP contribution in [0.15, 0.2) is 34.9 Å². The molecule has 0 bridgehead atoms. The molecule has 1 unspecified atom stereocenters. The molecule has 0 spiro atoms. The summed E-state index contributed by atoms with van der Waals surface area (Å²) < 4.78 is 74.8. The van der Waals surface area contributed by atoms with Crippen LogP contribution >= 0.6 is 0 Å². The molecule has 2 rings (SSSR count). The summed E-state index contributed by atoms with van der Waals surface area (Å²) in [5, 5.41) is 0. The number of ether oxygens (including phenoxy) is 2. The molecule has 0 saturated heterocycles. The van der Waals surface area contributed by atoms with Crippen LogP contribution in [0.2, 0.25) is 0 Å². The zero-order valence-corrected chi connectivity index (χ0v) is 15.3. The number of hydrogen-bond acceptors (Lipinski definition) is 5. The lowest BCUT2D eigenvalue weighted by Crippen LogP contribution is -2.48. The maximum Gasteiger partial charge on any atom is 0.375 e. The second kappa shape index (κ2) is 6.94. The maximum absolute atomic E-state index is 14.3. The Bertz CT molecular complexity index is 830. The highest BCUT2D eigenvalue weighted by Gasteiger charge is 2.62. The van der Waals surface area contributed by atoms with Gasteiger partial charge in [-0.1, -0.05) is 19.1 Å². The van der Waals surface area contributed by atoms with Gasteiger partial charge in [0, 0.05) is 6.26 Å². The second-order valence-electron chi connectivity index (χ2n) is 6.11. The Morgan fingerprint density at radius 1 is 1.23 bits per heavy atom. The van der Waals surface area contributed by atoms with Crippen LogP contribution in [-0.2, 0) is 24.1 Å². The van der Waals surface area contributed by atoms with Crippen LogP contribution in [0.25, 0.3) is 5.57 Å². The van der Waals surface area contributed by atoms with Crippen LogP contribution in [0.4, 0.5) is 13.2 Å². The zero-order valence-electron chi connectivity index (χ0n) is 14.5. The van der Waals surface area contributed by atoms with Crippen LogP contribution < -0.4 is 0 Å². The molecule has 144 valence electrons. The topological polar surface area (TPSA) is 69.7 Å². The number of esters is 1. The van der Waals surface area contributed by atoms with Crippen molar-refractivity contribution in [2.75, 3.05) is 19.5 Å². The van der Waals surface area contributed by atoms with Gasteiger partial charge < -0.3 is 9.47 Å². The predicted octanol–water partition coefficient (Wildman–Crippen LogP) is 3.15. The summed E-state index contributed by atoms with van der Waals surface area (Å²) in [6.07, 6.45) is 1.51. The normalized spacial score (nSPS) is 21.1. The van der Waals surface area contributed by atoms with E-state index in [-0.39, 0.29) is 22.6 Å². The predicted molar refractivity (Wildman–Crippen MR) is 88.1 cm³/mol. The van der Waals surface area contributed by atoms with Gasteiger partial charge in [0.15, 0.2) is 16.5 Å². The molecule has 1 atom stereocenters. The number of rotatable bonds is 7. The van der Waals surface area contributed by atoms with Gasteiger partial charge in [0.1, 0.15) is 0 Å². The van der Waals surface area contributed by atoms with Crippen LogP contribution in [-0.4, -0.2) is 45.4 Å². The summed E-state index contributed by atoms with van der Waals surface area (Å²) in [4.78, 5) is 12.1. The smallest absolute Gasteiger partial charge is 0.375 e. The second-order valence-corrected chi connectivity index (χ2v) is 8.13. The largest absolute Gasteiger partial charge is 0.486 e. The Morgan fingerprint density at radius 3 is 2.27 bits per heavy atom. The molecule has 0 aromatic heterocycles. The van der Waals surface area contributed by atoms with Crippen LogP contribution in [0.3, 0.4) is 0 Å². The van der Waals surface area contributed by atoms with E-state index in [4.69, 9.17) is 9.47 Å². The summed E-state index contributed by atoms with van der Waals surface area (Å²) in [5.41, 5.74) is -2.79. The average Bonchev–Trinajstić information content (AvgIpc) is 2.83. The third-order valence-corrected chi connectivity index (χ3v) is 5.20. The number of halogens is 3. The lowest BCUT2D eigenvalue weighted by molar-refractivity contribution is -0.184. The lowest BCUT2D eigenvalue weighted by Gasteiger charge is -2.32. The molecular weight excluding hydrogens is 373 g/mol. The zero-order chi connectivity index (χ0) is 19.8. The van der Waals surface area contributed by atoms with Gasteiger partial charge in [0.2, 0.25) is 11.4 Å². The Hall–Kier alpha value is -2.03. The highest BCUT2D eigenvalue weighted by Crippen LogP contribution is 2.49. The number of alkyl halides is 3. The molecular formula is C17H19F3O5S. The van der Waals surface area contributed by atoms with Gasteiger partial charge in [-0.05, 0) is 31.0 Å². The third-order valence-electron chi connectivity index (χ3n) is 4.07. The first-order valence-electron chi connectivity index (χ1n) is 7.83. The molecule has 1 aromatic rings. The van der Waals surface area contributed by atoms with Crippen molar-refractivity contribution in [3.63, 3.8) is 0 Å². The van der Waals surface area contributed by atoms with Crippen molar-refractivity contribution in [1.29, 1.82) is 0 Å². The van der Waals surface area contributed by atoms with Gasteiger partial charge in [-0.15, -0.1) is 0 Å². The number of carbonyl (C=O) groups is 1. The number of cyclic esters (lactones) is 1. The molecule has 1 aromatic carbocycles. The Kier molecular flexibility index (Phi) is 5.41. The van der Waals surface area contributed by atoms with E-state index in [1.165, 1.54) is 24.3 Å². The van der Waals surface area contributed by atoms with Crippen molar-refractivity contribution in [1.82, 2.24) is 0 Å². The SMILES string of the molecule is CCCOC1=C(c2ccc(S(C)(=O)=O)cc2)C(C)(C(F)(F)CF)OC1=O. The first kappa shape index (κ1) is 20.3. The summed E-state index contributed by atoms with van der Waals surface area (Å²) in [6.45, 7) is 0.707. The summed E-state index contributed by atoms with van der Waals surface area (Å²) in [5.74, 6) is -5.53. The van der Waals surface area contributed by atoms with E-state index in [0.717, 1.165) is 13.2 Å². The minimum atomic E-state index is -4.00. The monoisotopic (exact) mass is 392 g/mol. The Labute approximate surface area is 149 Å². The molecule has 1 aliphatic rings. The van der Waals surface area contributed by atoms with E-state index in [2.05, 4.69) is 0 Å². The van der Waals surface area contributed by atoms with E-state index in [1.54, 1.807) is 6.92 Å². The Balaban J connectivity index is 2.65. The standard InChI is InChI=1S/C17H19F3O5S/c1-4-9-24-14-13(11-5-7-12(8-6-11)26(3,22)23)16(2,25-15(14)21)17(19,20)10-18/h5-8H,4,9-10H2,1-3H3. The quantitative estimate of drug-likeness (QED) is 0.667. The first-order valence-corrected chi connectivity index (χ1v) is 9.72. The van der Waals surface area contributed by atoms with Crippen LogP contribution in [0.1, 0.15) is 25.8 Å². The number of benzene rings is 1. The van der Waals surface area contributed by atoms with Crippen molar-refractivity contribution in [3.05, 3.63) is 35.6 Å². The van der Waals surface area contributed by atoms with Gasteiger partial charge >= 0.3 is 11.9 Å². The minimum Gasteiger partial charge on any atom is -0.486 e. The summed E-state index contributed by atoms with van der Waals surface area (Å²) >= 11 is 0. The molecule has 1 heterocycles. The van der Waals surface area contributed by atoms with E-state index in [1.807, 2.05) is 0 Å². The molecule has 0 radical (unpaired) electrons. The highest BCUT2D eigenvalue weighted by atomic mass is 32.2. The van der Waals surface area contributed by atoms with Crippen LogP contribution in [0, 0.1) is 0 Å². The van der Waals surface area contributed by atoms with E-state index < -0.39 is 39.8 Å². The average molecular weight is 392 g/mol. The molecule has 0 saturated carbocycles. The lowest BCUT2D eigenvalue weighted by atomic mass is 9.85. The summed E-state index contributed by atoms with van der Waals surface area (Å²) in [7, 11) is -3.50. The van der Waals surface area contributed by atoms with Crippen LogP contribution in [0.5, 0.6) is 0 Å². The Morgan fingerprint density at radius 2 is 1.81 bits per heavy atom.